The van der Waals surface area contributed by atoms with Crippen LogP contribution in [-0.4, -0.2) is 101 Å². The molecule has 0 aliphatic carbocycles. The summed E-state index contributed by atoms with van der Waals surface area (Å²) >= 11 is 0. The summed E-state index contributed by atoms with van der Waals surface area (Å²) in [5, 5.41) is 9.80. The van der Waals surface area contributed by atoms with Gasteiger partial charge in [0.05, 0.1) is 37.1 Å². The third-order valence-electron chi connectivity index (χ3n) is 9.38. The van der Waals surface area contributed by atoms with E-state index < -0.39 is 5.97 Å². The fourth-order valence-corrected chi connectivity index (χ4v) is 6.28. The first-order valence-electron chi connectivity index (χ1n) is 16.6. The maximum atomic E-state index is 13.5. The first-order valence-corrected chi connectivity index (χ1v) is 16.6. The number of carbonyl (C=O) groups is 3. The van der Waals surface area contributed by atoms with Gasteiger partial charge in [-0.15, -0.1) is 0 Å². The number of nitrogens with zero attached hydrogens (tertiary/aromatic N) is 3. The molecule has 3 aliphatic heterocycles. The maximum Gasteiger partial charge on any atom is 0.337 e. The Kier molecular flexibility index (Phi) is 10.4. The number of carbonyl (C=O) groups excluding carboxylic acids is 3. The lowest BCUT2D eigenvalue weighted by Crippen LogP contribution is -2.48. The molecule has 11 nitrogen and oxygen atoms in total. The largest absolute Gasteiger partial charge is 0.493 e. The first kappa shape index (κ1) is 33.2. The molecule has 3 heterocycles. The van der Waals surface area contributed by atoms with E-state index in [9.17, 15) is 14.4 Å². The molecule has 3 aliphatic rings. The highest BCUT2D eigenvalue weighted by Gasteiger charge is 2.30. The van der Waals surface area contributed by atoms with Crippen LogP contribution < -0.4 is 25.6 Å². The molecule has 3 N–H and O–H groups in total. The summed E-state index contributed by atoms with van der Waals surface area (Å²) in [7, 11) is 5.22. The fourth-order valence-electron chi connectivity index (χ4n) is 6.28. The Morgan fingerprint density at radius 3 is 2.31 bits per heavy atom. The fraction of sp³-hybridized carbons (Fsp3) is 0.378. The van der Waals surface area contributed by atoms with Crippen LogP contribution in [0.25, 0.3) is 11.3 Å². The number of esters is 1. The molecule has 2 amide bonds. The second kappa shape index (κ2) is 15.0. The highest BCUT2D eigenvalue weighted by Crippen LogP contribution is 2.39. The Morgan fingerprint density at radius 1 is 0.938 bits per heavy atom. The molecule has 2 saturated heterocycles. The van der Waals surface area contributed by atoms with Gasteiger partial charge in [0.25, 0.3) is 5.91 Å². The summed E-state index contributed by atoms with van der Waals surface area (Å²) in [5.41, 5.74) is 4.82. The molecule has 11 heteroatoms. The number of benzene rings is 3. The Balaban J connectivity index is 1.26. The quantitative estimate of drug-likeness (QED) is 0.221. The monoisotopic (exact) mass is 652 g/mol. The summed E-state index contributed by atoms with van der Waals surface area (Å²) < 4.78 is 11.1. The number of nitrogens with one attached hydrogen (secondary N) is 3. The molecule has 0 unspecified atom stereocenters. The number of anilines is 3. The predicted octanol–water partition coefficient (Wildman–Crippen LogP) is 3.99. The zero-order valence-electron chi connectivity index (χ0n) is 27.9. The van der Waals surface area contributed by atoms with Crippen molar-refractivity contribution in [1.29, 1.82) is 0 Å². The number of likely N-dealkylation sites (N-methyl/N-ethyl adjacent to an activating group) is 2. The topological polar surface area (TPSA) is 115 Å². The maximum absolute atomic E-state index is 13.5. The van der Waals surface area contributed by atoms with E-state index in [1.54, 1.807) is 30.1 Å². The van der Waals surface area contributed by atoms with Crippen molar-refractivity contribution >= 4 is 46.1 Å². The van der Waals surface area contributed by atoms with Crippen LogP contribution in [0.2, 0.25) is 0 Å². The summed E-state index contributed by atoms with van der Waals surface area (Å²) in [4.78, 5) is 45.1. The molecule has 6 rings (SSSR count). The van der Waals surface area contributed by atoms with E-state index >= 15 is 0 Å². The highest BCUT2D eigenvalue weighted by molar-refractivity contribution is 6.37. The van der Waals surface area contributed by atoms with Crippen LogP contribution in [0.1, 0.15) is 34.3 Å². The Bertz CT molecular complexity index is 1660. The lowest BCUT2D eigenvalue weighted by molar-refractivity contribution is -0.119. The number of fused-ring (bicyclic) bond motifs is 1. The number of rotatable bonds is 10. The van der Waals surface area contributed by atoms with Crippen LogP contribution in [-0.2, 0) is 14.3 Å². The normalized spacial score (nSPS) is 18.1. The van der Waals surface area contributed by atoms with Gasteiger partial charge < -0.3 is 35.2 Å². The molecule has 0 spiro atoms. The number of hydrogen-bond donors (Lipinski definition) is 3. The van der Waals surface area contributed by atoms with Gasteiger partial charge in [0, 0.05) is 55.9 Å². The van der Waals surface area contributed by atoms with E-state index in [4.69, 9.17) is 9.47 Å². The van der Waals surface area contributed by atoms with Crippen molar-refractivity contribution in [3.8, 4) is 5.75 Å². The van der Waals surface area contributed by atoms with Gasteiger partial charge in [-0.1, -0.05) is 0 Å². The smallest absolute Gasteiger partial charge is 0.337 e. The van der Waals surface area contributed by atoms with Gasteiger partial charge in [0.15, 0.2) is 0 Å². The van der Waals surface area contributed by atoms with Crippen molar-refractivity contribution in [2.24, 2.45) is 5.92 Å². The Labute approximate surface area is 281 Å². The van der Waals surface area contributed by atoms with Crippen molar-refractivity contribution in [1.82, 2.24) is 15.1 Å². The molecule has 0 bridgehead atoms. The van der Waals surface area contributed by atoms with Gasteiger partial charge in [0.1, 0.15) is 5.75 Å². The van der Waals surface area contributed by atoms with Crippen molar-refractivity contribution < 1.29 is 23.9 Å². The zero-order valence-corrected chi connectivity index (χ0v) is 27.9. The van der Waals surface area contributed by atoms with Crippen LogP contribution in [0.4, 0.5) is 17.1 Å². The number of hydrogen-bond acceptors (Lipinski definition) is 9. The number of piperidine rings is 1. The molecule has 3 aromatic rings. The summed E-state index contributed by atoms with van der Waals surface area (Å²) in [6, 6.07) is 20.3. The van der Waals surface area contributed by atoms with E-state index in [1.807, 2.05) is 48.5 Å². The SMILES string of the molecule is COC(=O)c1ccc2c(c1)/C(=C(/Nc1ccc(N(C)C(=O)CN3CCN(C)CC3)cc1)c1ccc(OCC3CCNCC3)cc1)C(=O)N2. The van der Waals surface area contributed by atoms with Gasteiger partial charge in [0.2, 0.25) is 5.91 Å². The van der Waals surface area contributed by atoms with E-state index in [0.29, 0.717) is 47.2 Å². The minimum atomic E-state index is -0.483. The number of piperazine rings is 1. The van der Waals surface area contributed by atoms with Gasteiger partial charge >= 0.3 is 5.97 Å². The van der Waals surface area contributed by atoms with Crippen LogP contribution in [0, 0.1) is 5.92 Å². The summed E-state index contributed by atoms with van der Waals surface area (Å²) in [6.07, 6.45) is 2.19. The van der Waals surface area contributed by atoms with Crippen molar-refractivity contribution in [2.75, 3.05) is 89.2 Å². The number of ether oxygens (including phenoxy) is 2. The third kappa shape index (κ3) is 7.70. The van der Waals surface area contributed by atoms with Crippen LogP contribution in [0.3, 0.4) is 0 Å². The van der Waals surface area contributed by atoms with E-state index in [1.165, 1.54) is 7.11 Å². The molecule has 48 heavy (non-hydrogen) atoms. The first-order chi connectivity index (χ1) is 23.3. The summed E-state index contributed by atoms with van der Waals surface area (Å²) in [5.74, 6) is 0.553. The van der Waals surface area contributed by atoms with Crippen LogP contribution >= 0.6 is 0 Å². The molecule has 252 valence electrons. The van der Waals surface area contributed by atoms with E-state index in [0.717, 1.165) is 74.8 Å². The molecular formula is C37H44N6O5. The van der Waals surface area contributed by atoms with Crippen LogP contribution in [0.15, 0.2) is 66.7 Å². The Morgan fingerprint density at radius 2 is 1.62 bits per heavy atom. The van der Waals surface area contributed by atoms with Crippen molar-refractivity contribution in [3.05, 3.63) is 83.4 Å². The zero-order chi connectivity index (χ0) is 33.6. The van der Waals surface area contributed by atoms with Crippen LogP contribution in [0.5, 0.6) is 5.75 Å². The average molecular weight is 653 g/mol. The number of methoxy groups -OCH3 is 1. The van der Waals surface area contributed by atoms with Crippen molar-refractivity contribution in [2.45, 2.75) is 12.8 Å². The second-order valence-electron chi connectivity index (χ2n) is 12.7. The second-order valence-corrected chi connectivity index (χ2v) is 12.7. The minimum Gasteiger partial charge on any atom is -0.493 e. The number of amides is 2. The molecule has 0 saturated carbocycles. The molecular weight excluding hydrogens is 608 g/mol. The summed E-state index contributed by atoms with van der Waals surface area (Å²) in [6.45, 7) is 6.73. The van der Waals surface area contributed by atoms with E-state index in [2.05, 4.69) is 32.8 Å². The average Bonchev–Trinajstić information content (AvgIpc) is 3.45. The molecule has 0 atom stereocenters. The van der Waals surface area contributed by atoms with Gasteiger partial charge in [-0.25, -0.2) is 4.79 Å². The molecule has 0 radical (unpaired) electrons. The van der Waals surface area contributed by atoms with Gasteiger partial charge in [-0.05, 0) is 111 Å². The molecule has 0 aromatic heterocycles. The standard InChI is InChI=1S/C37H44N6O5/c1-41-18-20-43(21-19-41)23-33(44)42(2)29-9-7-28(8-10-29)39-35(26-4-11-30(12-5-26)48-24-25-14-16-38-17-15-25)34-31-22-27(37(46)47-3)6-13-32(31)40-36(34)45/h4-13,22,25,38-39H,14-21,23-24H2,1-3H3,(H,40,45)/b35-34-. The third-order valence-corrected chi connectivity index (χ3v) is 9.38. The Hall–Kier alpha value is -4.71. The van der Waals surface area contributed by atoms with Crippen molar-refractivity contribution in [3.63, 3.8) is 0 Å². The highest BCUT2D eigenvalue weighted by atomic mass is 16.5. The molecule has 3 aromatic carbocycles. The van der Waals surface area contributed by atoms with Gasteiger partial charge in [-0.2, -0.15) is 0 Å². The molecule has 2 fully saturated rings. The van der Waals surface area contributed by atoms with E-state index in [-0.39, 0.29) is 11.8 Å². The lowest BCUT2D eigenvalue weighted by atomic mass is 9.98. The van der Waals surface area contributed by atoms with Gasteiger partial charge in [-0.3, -0.25) is 14.5 Å². The predicted molar refractivity (Wildman–Crippen MR) is 188 cm³/mol. The minimum absolute atomic E-state index is 0.0335. The lowest BCUT2D eigenvalue weighted by Gasteiger charge is -2.32.